The third-order valence-corrected chi connectivity index (χ3v) is 5.33. The summed E-state index contributed by atoms with van der Waals surface area (Å²) in [4.78, 5) is 0. The van der Waals surface area contributed by atoms with Crippen molar-refractivity contribution in [3.05, 3.63) is 24.3 Å². The van der Waals surface area contributed by atoms with Gasteiger partial charge < -0.3 is 5.32 Å². The molecule has 2 atom stereocenters. The van der Waals surface area contributed by atoms with Crippen molar-refractivity contribution in [2.24, 2.45) is 5.92 Å². The number of hydrogen-bond donors (Lipinski definition) is 2. The minimum absolute atomic E-state index is 0.0908. The van der Waals surface area contributed by atoms with E-state index in [9.17, 15) is 8.42 Å². The van der Waals surface area contributed by atoms with Gasteiger partial charge in [-0.25, -0.2) is 8.42 Å². The van der Waals surface area contributed by atoms with Gasteiger partial charge in [0.1, 0.15) is 0 Å². The predicted octanol–water partition coefficient (Wildman–Crippen LogP) is 3.44. The molecule has 20 heavy (non-hydrogen) atoms. The Hall–Kier alpha value is -1.23. The first-order chi connectivity index (χ1) is 9.52. The van der Waals surface area contributed by atoms with Gasteiger partial charge >= 0.3 is 0 Å². The van der Waals surface area contributed by atoms with Crippen LogP contribution in [0.15, 0.2) is 24.3 Å². The second-order valence-corrected chi connectivity index (χ2v) is 7.52. The molecule has 1 saturated carbocycles. The van der Waals surface area contributed by atoms with Crippen LogP contribution in [0.25, 0.3) is 0 Å². The van der Waals surface area contributed by atoms with Gasteiger partial charge in [-0.2, -0.15) is 0 Å². The summed E-state index contributed by atoms with van der Waals surface area (Å²) in [5.74, 6) is 0.941. The molecule has 0 aliphatic heterocycles. The van der Waals surface area contributed by atoms with E-state index in [1.165, 1.54) is 25.7 Å². The van der Waals surface area contributed by atoms with Crippen LogP contribution < -0.4 is 10.0 Å². The van der Waals surface area contributed by atoms with Crippen molar-refractivity contribution in [3.8, 4) is 0 Å². The van der Waals surface area contributed by atoms with Crippen LogP contribution in [0.3, 0.4) is 0 Å². The molecule has 112 valence electrons. The molecule has 0 spiro atoms. The second-order valence-electron chi connectivity index (χ2n) is 5.51. The van der Waals surface area contributed by atoms with Crippen LogP contribution in [0.4, 0.5) is 11.4 Å². The monoisotopic (exact) mass is 296 g/mol. The molecule has 1 aromatic rings. The van der Waals surface area contributed by atoms with E-state index in [0.717, 1.165) is 11.6 Å². The Morgan fingerprint density at radius 2 is 1.75 bits per heavy atom. The second kappa shape index (κ2) is 6.48. The highest BCUT2D eigenvalue weighted by Crippen LogP contribution is 2.30. The molecule has 5 heteroatoms. The fourth-order valence-corrected chi connectivity index (χ4v) is 3.34. The number of anilines is 2. The van der Waals surface area contributed by atoms with Crippen molar-refractivity contribution >= 4 is 21.4 Å². The van der Waals surface area contributed by atoms with Crippen molar-refractivity contribution < 1.29 is 8.42 Å². The molecule has 0 amide bonds. The lowest BCUT2D eigenvalue weighted by molar-refractivity contribution is 0.525. The lowest BCUT2D eigenvalue weighted by Gasteiger charge is -2.15. The number of rotatable bonds is 6. The Balaban J connectivity index is 1.92. The Morgan fingerprint density at radius 3 is 2.30 bits per heavy atom. The van der Waals surface area contributed by atoms with Crippen molar-refractivity contribution in [1.82, 2.24) is 0 Å². The highest BCUT2D eigenvalue weighted by molar-refractivity contribution is 7.92. The van der Waals surface area contributed by atoms with Crippen LogP contribution >= 0.6 is 0 Å². The lowest BCUT2D eigenvalue weighted by Crippen LogP contribution is -2.16. The van der Waals surface area contributed by atoms with E-state index in [4.69, 9.17) is 0 Å². The minimum atomic E-state index is -3.19. The van der Waals surface area contributed by atoms with Crippen molar-refractivity contribution in [3.63, 3.8) is 0 Å². The molecule has 0 aromatic heterocycles. The summed E-state index contributed by atoms with van der Waals surface area (Å²) in [6.45, 7) is 3.88. The third-order valence-electron chi connectivity index (χ3n) is 4.03. The fraction of sp³-hybridized carbons (Fsp3) is 0.600. The largest absolute Gasteiger partial charge is 0.382 e. The van der Waals surface area contributed by atoms with Crippen molar-refractivity contribution in [2.45, 2.75) is 45.6 Å². The van der Waals surface area contributed by atoms with Gasteiger partial charge in [0.15, 0.2) is 0 Å². The maximum atomic E-state index is 11.5. The van der Waals surface area contributed by atoms with E-state index < -0.39 is 10.0 Å². The number of sulfonamides is 1. The van der Waals surface area contributed by atoms with Gasteiger partial charge in [0, 0.05) is 17.4 Å². The van der Waals surface area contributed by atoms with Crippen LogP contribution in [0.1, 0.15) is 39.5 Å². The summed E-state index contributed by atoms with van der Waals surface area (Å²) >= 11 is 0. The molecule has 0 bridgehead atoms. The maximum Gasteiger partial charge on any atom is 0.232 e. The molecular formula is C15H24N2O2S. The average molecular weight is 296 g/mol. The van der Waals surface area contributed by atoms with Crippen molar-refractivity contribution in [2.75, 3.05) is 15.8 Å². The van der Waals surface area contributed by atoms with E-state index >= 15 is 0 Å². The zero-order valence-corrected chi connectivity index (χ0v) is 13.0. The fourth-order valence-electron chi connectivity index (χ4n) is 2.70. The van der Waals surface area contributed by atoms with E-state index in [1.807, 2.05) is 24.3 Å². The van der Waals surface area contributed by atoms with Gasteiger partial charge in [0.05, 0.1) is 5.75 Å². The Labute approximate surface area is 122 Å². The lowest BCUT2D eigenvalue weighted by atomic mass is 10.1. The molecule has 1 aliphatic rings. The zero-order chi connectivity index (χ0) is 14.6. The van der Waals surface area contributed by atoms with Gasteiger partial charge in [-0.3, -0.25) is 4.72 Å². The predicted molar refractivity (Wildman–Crippen MR) is 84.6 cm³/mol. The van der Waals surface area contributed by atoms with E-state index in [2.05, 4.69) is 17.0 Å². The van der Waals surface area contributed by atoms with Crippen LogP contribution in [0, 0.1) is 5.92 Å². The summed E-state index contributed by atoms with van der Waals surface area (Å²) in [7, 11) is -3.19. The molecule has 1 fully saturated rings. The SMILES string of the molecule is CCC1CCC(Nc2ccc(NS(=O)(=O)CC)cc2)C1. The topological polar surface area (TPSA) is 58.2 Å². The molecule has 0 heterocycles. The maximum absolute atomic E-state index is 11.5. The Kier molecular flexibility index (Phi) is 4.91. The van der Waals surface area contributed by atoms with Gasteiger partial charge in [-0.15, -0.1) is 0 Å². The number of hydrogen-bond acceptors (Lipinski definition) is 3. The van der Waals surface area contributed by atoms with Crippen LogP contribution in [-0.2, 0) is 10.0 Å². The molecule has 0 saturated heterocycles. The molecule has 2 N–H and O–H groups in total. The molecule has 2 unspecified atom stereocenters. The van der Waals surface area contributed by atoms with Crippen molar-refractivity contribution in [1.29, 1.82) is 0 Å². The smallest absolute Gasteiger partial charge is 0.232 e. The average Bonchev–Trinajstić information content (AvgIpc) is 2.88. The summed E-state index contributed by atoms with van der Waals surface area (Å²) in [6.07, 6.45) is 5.03. The van der Waals surface area contributed by atoms with E-state index in [-0.39, 0.29) is 5.75 Å². The van der Waals surface area contributed by atoms with Gasteiger partial charge in [0.2, 0.25) is 10.0 Å². The van der Waals surface area contributed by atoms with Gasteiger partial charge in [0.25, 0.3) is 0 Å². The quantitative estimate of drug-likeness (QED) is 0.845. The minimum Gasteiger partial charge on any atom is -0.382 e. The Morgan fingerprint density at radius 1 is 1.10 bits per heavy atom. The third kappa shape index (κ3) is 4.13. The number of nitrogens with one attached hydrogen (secondary N) is 2. The van der Waals surface area contributed by atoms with Gasteiger partial charge in [-0.05, 0) is 56.4 Å². The van der Waals surface area contributed by atoms with Crippen LogP contribution in [0.2, 0.25) is 0 Å². The van der Waals surface area contributed by atoms with E-state index in [0.29, 0.717) is 11.7 Å². The van der Waals surface area contributed by atoms with Crippen LogP contribution in [-0.4, -0.2) is 20.2 Å². The first-order valence-corrected chi connectivity index (χ1v) is 9.04. The first-order valence-electron chi connectivity index (χ1n) is 7.39. The Bertz CT molecular complexity index is 525. The molecule has 1 aliphatic carbocycles. The highest BCUT2D eigenvalue weighted by Gasteiger charge is 2.22. The summed E-state index contributed by atoms with van der Waals surface area (Å²) < 4.78 is 25.5. The van der Waals surface area contributed by atoms with Gasteiger partial charge in [-0.1, -0.05) is 13.3 Å². The summed E-state index contributed by atoms with van der Waals surface area (Å²) in [5.41, 5.74) is 1.68. The summed E-state index contributed by atoms with van der Waals surface area (Å²) in [6, 6.07) is 8.04. The molecular weight excluding hydrogens is 272 g/mol. The highest BCUT2D eigenvalue weighted by atomic mass is 32.2. The normalized spacial score (nSPS) is 22.7. The molecule has 1 aromatic carbocycles. The number of benzene rings is 1. The molecule has 2 rings (SSSR count). The zero-order valence-electron chi connectivity index (χ0n) is 12.2. The van der Waals surface area contributed by atoms with E-state index in [1.54, 1.807) is 6.92 Å². The molecule has 4 nitrogen and oxygen atoms in total. The molecule has 0 radical (unpaired) electrons. The van der Waals surface area contributed by atoms with Crippen LogP contribution in [0.5, 0.6) is 0 Å². The standard InChI is InChI=1S/C15H24N2O2S/c1-3-12-5-6-15(11-12)16-13-7-9-14(10-8-13)17-20(18,19)4-2/h7-10,12,15-17H,3-6,11H2,1-2H3. The first kappa shape index (κ1) is 15.2. The summed E-state index contributed by atoms with van der Waals surface area (Å²) in [5, 5.41) is 3.53.